The minimum Gasteiger partial charge on any atom is -0.326 e. The van der Waals surface area contributed by atoms with Gasteiger partial charge < -0.3 is 5.73 Å². The summed E-state index contributed by atoms with van der Waals surface area (Å²) in [7, 11) is 2.19. The highest BCUT2D eigenvalue weighted by Crippen LogP contribution is 2.24. The molecule has 1 saturated carbocycles. The van der Waals surface area contributed by atoms with Gasteiger partial charge in [-0.3, -0.25) is 4.90 Å². The van der Waals surface area contributed by atoms with E-state index in [0.717, 1.165) is 11.0 Å². The number of hydrogen-bond donors (Lipinski definition) is 1. The topological polar surface area (TPSA) is 29.3 Å². The van der Waals surface area contributed by atoms with Gasteiger partial charge in [0.2, 0.25) is 0 Å². The number of nitrogens with two attached hydrogens (primary N) is 1. The van der Waals surface area contributed by atoms with E-state index in [1.807, 2.05) is 0 Å². The molecule has 0 aromatic heterocycles. The lowest BCUT2D eigenvalue weighted by Gasteiger charge is -2.28. The number of halogens is 1. The number of rotatable bonds is 3. The number of likely N-dealkylation sites (N-methyl/N-ethyl adjacent to an activating group) is 1. The highest BCUT2D eigenvalue weighted by Gasteiger charge is 2.27. The fourth-order valence-corrected chi connectivity index (χ4v) is 3.12. The highest BCUT2D eigenvalue weighted by molar-refractivity contribution is 9.10. The van der Waals surface area contributed by atoms with Crippen LogP contribution in [0.3, 0.4) is 0 Å². The van der Waals surface area contributed by atoms with Crippen molar-refractivity contribution in [1.29, 1.82) is 0 Å². The Morgan fingerprint density at radius 2 is 2.18 bits per heavy atom. The van der Waals surface area contributed by atoms with E-state index in [1.54, 1.807) is 0 Å². The van der Waals surface area contributed by atoms with Crippen LogP contribution in [0, 0.1) is 6.92 Å². The van der Waals surface area contributed by atoms with Crippen molar-refractivity contribution >= 4 is 15.9 Å². The molecule has 0 amide bonds. The molecule has 0 saturated heterocycles. The van der Waals surface area contributed by atoms with Crippen LogP contribution in [0.1, 0.15) is 30.4 Å². The molecule has 1 aromatic rings. The Morgan fingerprint density at radius 3 is 2.82 bits per heavy atom. The Hall–Kier alpha value is -0.380. The maximum Gasteiger partial charge on any atom is 0.0247 e. The van der Waals surface area contributed by atoms with E-state index >= 15 is 0 Å². The molecule has 0 heterocycles. The number of aryl methyl sites for hydroxylation is 1. The molecule has 0 spiro atoms. The molecule has 94 valence electrons. The summed E-state index contributed by atoms with van der Waals surface area (Å²) in [6.07, 6.45) is 3.69. The average Bonchev–Trinajstić information content (AvgIpc) is 2.70. The van der Waals surface area contributed by atoms with Crippen LogP contribution in [-0.4, -0.2) is 24.0 Å². The van der Waals surface area contributed by atoms with Gasteiger partial charge in [-0.15, -0.1) is 0 Å². The summed E-state index contributed by atoms with van der Waals surface area (Å²) in [5.41, 5.74) is 8.89. The lowest BCUT2D eigenvalue weighted by molar-refractivity contribution is 0.220. The Bertz CT molecular complexity index is 392. The maximum atomic E-state index is 6.15. The molecule has 3 heteroatoms. The summed E-state index contributed by atoms with van der Waals surface area (Å²) in [4.78, 5) is 2.41. The Morgan fingerprint density at radius 1 is 1.41 bits per heavy atom. The first kappa shape index (κ1) is 13.1. The normalized spacial score (nSPS) is 24.5. The van der Waals surface area contributed by atoms with Crippen LogP contribution in [0.2, 0.25) is 0 Å². The second kappa shape index (κ2) is 5.51. The van der Waals surface area contributed by atoms with E-state index in [0.29, 0.717) is 12.1 Å². The molecule has 1 aromatic carbocycles. The molecule has 2 rings (SSSR count). The van der Waals surface area contributed by atoms with Crippen LogP contribution in [-0.2, 0) is 6.54 Å². The molecule has 2 N–H and O–H groups in total. The van der Waals surface area contributed by atoms with Crippen LogP contribution in [0.25, 0.3) is 0 Å². The van der Waals surface area contributed by atoms with Crippen molar-refractivity contribution in [1.82, 2.24) is 4.90 Å². The molecule has 2 nitrogen and oxygen atoms in total. The molecule has 0 radical (unpaired) electrons. The fourth-order valence-electron chi connectivity index (χ4n) is 2.71. The fraction of sp³-hybridized carbons (Fsp3) is 0.571. The van der Waals surface area contributed by atoms with Crippen LogP contribution in [0.15, 0.2) is 22.7 Å². The minimum atomic E-state index is 0.354. The van der Waals surface area contributed by atoms with Gasteiger partial charge >= 0.3 is 0 Å². The van der Waals surface area contributed by atoms with Gasteiger partial charge in [0.1, 0.15) is 0 Å². The number of nitrogens with zero attached hydrogens (tertiary/aromatic N) is 1. The first-order chi connectivity index (χ1) is 8.08. The molecule has 1 fully saturated rings. The Labute approximate surface area is 112 Å². The highest BCUT2D eigenvalue weighted by atomic mass is 79.9. The Kier molecular flexibility index (Phi) is 4.23. The lowest BCUT2D eigenvalue weighted by Crippen LogP contribution is -2.41. The Balaban J connectivity index is 2.07. The van der Waals surface area contributed by atoms with Gasteiger partial charge in [-0.25, -0.2) is 0 Å². The maximum absolute atomic E-state index is 6.15. The van der Waals surface area contributed by atoms with Crippen molar-refractivity contribution in [3.8, 4) is 0 Å². The van der Waals surface area contributed by atoms with Crippen molar-refractivity contribution in [2.24, 2.45) is 5.73 Å². The third kappa shape index (κ3) is 3.09. The largest absolute Gasteiger partial charge is 0.326 e. The zero-order valence-corrected chi connectivity index (χ0v) is 12.2. The van der Waals surface area contributed by atoms with E-state index in [1.165, 1.54) is 30.4 Å². The summed E-state index contributed by atoms with van der Waals surface area (Å²) >= 11 is 3.54. The van der Waals surface area contributed by atoms with Crippen molar-refractivity contribution < 1.29 is 0 Å². The van der Waals surface area contributed by atoms with Crippen molar-refractivity contribution in [3.63, 3.8) is 0 Å². The van der Waals surface area contributed by atoms with Gasteiger partial charge in [-0.1, -0.05) is 28.4 Å². The van der Waals surface area contributed by atoms with E-state index in [2.05, 4.69) is 53.0 Å². The summed E-state index contributed by atoms with van der Waals surface area (Å²) in [6.45, 7) is 3.16. The van der Waals surface area contributed by atoms with Gasteiger partial charge in [0, 0.05) is 23.1 Å². The SMILES string of the molecule is Cc1ccc(Br)cc1CN(C)C1CCCC1N. The van der Waals surface area contributed by atoms with Crippen LogP contribution in [0.5, 0.6) is 0 Å². The van der Waals surface area contributed by atoms with Crippen LogP contribution in [0.4, 0.5) is 0 Å². The standard InChI is InChI=1S/C14H21BrN2/c1-10-6-7-12(15)8-11(10)9-17(2)14-5-3-4-13(14)16/h6-8,13-14H,3-5,9,16H2,1-2H3. The van der Waals surface area contributed by atoms with E-state index in [4.69, 9.17) is 5.73 Å². The molecule has 1 aliphatic carbocycles. The van der Waals surface area contributed by atoms with Crippen molar-refractivity contribution in [2.75, 3.05) is 7.05 Å². The third-order valence-electron chi connectivity index (χ3n) is 3.83. The van der Waals surface area contributed by atoms with Gasteiger partial charge in [0.15, 0.2) is 0 Å². The molecule has 17 heavy (non-hydrogen) atoms. The molecule has 0 aliphatic heterocycles. The van der Waals surface area contributed by atoms with Crippen LogP contribution >= 0.6 is 15.9 Å². The van der Waals surface area contributed by atoms with Gasteiger partial charge in [-0.05, 0) is 50.1 Å². The monoisotopic (exact) mass is 296 g/mol. The van der Waals surface area contributed by atoms with Crippen LogP contribution < -0.4 is 5.73 Å². The van der Waals surface area contributed by atoms with E-state index in [9.17, 15) is 0 Å². The number of hydrogen-bond acceptors (Lipinski definition) is 2. The molecule has 2 unspecified atom stereocenters. The van der Waals surface area contributed by atoms with Crippen molar-refractivity contribution in [3.05, 3.63) is 33.8 Å². The molecule has 0 bridgehead atoms. The predicted octanol–water partition coefficient (Wildman–Crippen LogP) is 3.07. The predicted molar refractivity (Wildman–Crippen MR) is 76.0 cm³/mol. The van der Waals surface area contributed by atoms with E-state index in [-0.39, 0.29) is 0 Å². The van der Waals surface area contributed by atoms with E-state index < -0.39 is 0 Å². The average molecular weight is 297 g/mol. The van der Waals surface area contributed by atoms with Gasteiger partial charge in [-0.2, -0.15) is 0 Å². The zero-order chi connectivity index (χ0) is 12.4. The molecular formula is C14H21BrN2. The smallest absolute Gasteiger partial charge is 0.0247 e. The molecular weight excluding hydrogens is 276 g/mol. The second-order valence-electron chi connectivity index (χ2n) is 5.15. The second-order valence-corrected chi connectivity index (χ2v) is 6.06. The first-order valence-corrected chi connectivity index (χ1v) is 7.08. The van der Waals surface area contributed by atoms with Gasteiger partial charge in [0.05, 0.1) is 0 Å². The quantitative estimate of drug-likeness (QED) is 0.929. The summed E-state index contributed by atoms with van der Waals surface area (Å²) in [5, 5.41) is 0. The summed E-state index contributed by atoms with van der Waals surface area (Å²) in [5.74, 6) is 0. The zero-order valence-electron chi connectivity index (χ0n) is 10.6. The summed E-state index contributed by atoms with van der Waals surface area (Å²) in [6, 6.07) is 7.38. The minimum absolute atomic E-state index is 0.354. The molecule has 2 atom stereocenters. The summed E-state index contributed by atoms with van der Waals surface area (Å²) < 4.78 is 1.15. The first-order valence-electron chi connectivity index (χ1n) is 6.29. The van der Waals surface area contributed by atoms with Crippen molar-refractivity contribution in [2.45, 2.75) is 44.8 Å². The molecule has 1 aliphatic rings. The van der Waals surface area contributed by atoms with Gasteiger partial charge in [0.25, 0.3) is 0 Å². The third-order valence-corrected chi connectivity index (χ3v) is 4.32. The number of benzene rings is 1. The lowest BCUT2D eigenvalue weighted by atomic mass is 10.1.